The molecule has 0 unspecified atom stereocenters. The zero-order chi connectivity index (χ0) is 11.8. The molecule has 0 aromatic carbocycles. The zero-order valence-electron chi connectivity index (χ0n) is 10.4. The van der Waals surface area contributed by atoms with Crippen LogP contribution in [0.4, 0.5) is 11.5 Å². The van der Waals surface area contributed by atoms with Gasteiger partial charge in [0.1, 0.15) is 5.82 Å². The molecule has 0 aliphatic carbocycles. The van der Waals surface area contributed by atoms with Crippen molar-refractivity contribution in [2.75, 3.05) is 42.4 Å². The van der Waals surface area contributed by atoms with Crippen molar-refractivity contribution in [3.05, 3.63) is 18.3 Å². The molecule has 0 saturated carbocycles. The summed E-state index contributed by atoms with van der Waals surface area (Å²) < 4.78 is 0. The molecule has 90 valence electrons. The molecule has 0 atom stereocenters. The Labute approximate surface area is 103 Å². The Balaban J connectivity index is 2.27. The van der Waals surface area contributed by atoms with Crippen molar-refractivity contribution in [2.24, 2.45) is 0 Å². The lowest BCUT2D eigenvalue weighted by atomic mass is 10.3. The van der Waals surface area contributed by atoms with E-state index in [9.17, 15) is 0 Å². The summed E-state index contributed by atoms with van der Waals surface area (Å²) in [6.45, 7) is 3.22. The first-order valence-electron chi connectivity index (χ1n) is 5.69. The van der Waals surface area contributed by atoms with E-state index in [1.807, 2.05) is 43.0 Å². The van der Waals surface area contributed by atoms with Crippen molar-refractivity contribution >= 4 is 23.3 Å². The highest BCUT2D eigenvalue weighted by molar-refractivity contribution is 7.99. The predicted octanol–water partition coefficient (Wildman–Crippen LogP) is 2.70. The molecule has 16 heavy (non-hydrogen) atoms. The first kappa shape index (κ1) is 13.2. The monoisotopic (exact) mass is 239 g/mol. The molecule has 3 nitrogen and oxygen atoms in total. The Kier molecular flexibility index (Phi) is 6.08. The molecule has 4 heteroatoms. The lowest BCUT2D eigenvalue weighted by molar-refractivity contribution is 0.987. The molecule has 0 amide bonds. The van der Waals surface area contributed by atoms with E-state index >= 15 is 0 Å². The van der Waals surface area contributed by atoms with Crippen LogP contribution in [0.25, 0.3) is 0 Å². The fourth-order valence-corrected chi connectivity index (χ4v) is 1.94. The van der Waals surface area contributed by atoms with Gasteiger partial charge in [-0.1, -0.05) is 6.92 Å². The second kappa shape index (κ2) is 7.39. The Hall–Kier alpha value is -0.900. The third kappa shape index (κ3) is 4.75. The summed E-state index contributed by atoms with van der Waals surface area (Å²) in [5.74, 6) is 3.43. The topological polar surface area (TPSA) is 28.2 Å². The summed E-state index contributed by atoms with van der Waals surface area (Å²) in [5.41, 5.74) is 1.10. The number of rotatable bonds is 7. The van der Waals surface area contributed by atoms with E-state index in [4.69, 9.17) is 0 Å². The van der Waals surface area contributed by atoms with Crippen LogP contribution in [0.5, 0.6) is 0 Å². The minimum atomic E-state index is 0.993. The van der Waals surface area contributed by atoms with Gasteiger partial charge in [0, 0.05) is 20.6 Å². The Morgan fingerprint density at radius 2 is 2.19 bits per heavy atom. The van der Waals surface area contributed by atoms with Crippen molar-refractivity contribution in [3.8, 4) is 0 Å². The fourth-order valence-electron chi connectivity index (χ4n) is 1.31. The molecule has 0 fully saturated rings. The van der Waals surface area contributed by atoms with E-state index in [2.05, 4.69) is 23.3 Å². The van der Waals surface area contributed by atoms with Crippen LogP contribution in [0.15, 0.2) is 18.3 Å². The number of anilines is 2. The average molecular weight is 239 g/mol. The number of aromatic nitrogens is 1. The van der Waals surface area contributed by atoms with Gasteiger partial charge in [-0.25, -0.2) is 4.98 Å². The number of pyridine rings is 1. The van der Waals surface area contributed by atoms with Crippen molar-refractivity contribution in [2.45, 2.75) is 13.3 Å². The van der Waals surface area contributed by atoms with E-state index in [0.29, 0.717) is 0 Å². The van der Waals surface area contributed by atoms with Crippen molar-refractivity contribution in [1.29, 1.82) is 0 Å². The van der Waals surface area contributed by atoms with E-state index in [0.717, 1.165) is 18.1 Å². The maximum Gasteiger partial charge on any atom is 0.128 e. The van der Waals surface area contributed by atoms with Crippen LogP contribution < -0.4 is 10.2 Å². The Bertz CT molecular complexity index is 285. The van der Waals surface area contributed by atoms with E-state index < -0.39 is 0 Å². The Morgan fingerprint density at radius 3 is 2.75 bits per heavy atom. The first-order chi connectivity index (χ1) is 7.74. The van der Waals surface area contributed by atoms with Crippen LogP contribution in [0.1, 0.15) is 13.3 Å². The smallest absolute Gasteiger partial charge is 0.128 e. The SMILES string of the molecule is CCSCCCNc1ccc(N(C)C)nc1. The minimum absolute atomic E-state index is 0.993. The quantitative estimate of drug-likeness (QED) is 0.741. The summed E-state index contributed by atoms with van der Waals surface area (Å²) in [6, 6.07) is 4.11. The highest BCUT2D eigenvalue weighted by Crippen LogP contribution is 2.11. The van der Waals surface area contributed by atoms with Gasteiger partial charge in [0.25, 0.3) is 0 Å². The lowest BCUT2D eigenvalue weighted by Crippen LogP contribution is -2.10. The van der Waals surface area contributed by atoms with Gasteiger partial charge in [-0.05, 0) is 30.1 Å². The molecule has 0 saturated heterocycles. The Morgan fingerprint density at radius 1 is 1.38 bits per heavy atom. The lowest BCUT2D eigenvalue weighted by Gasteiger charge is -2.12. The first-order valence-corrected chi connectivity index (χ1v) is 6.84. The van der Waals surface area contributed by atoms with Gasteiger partial charge in [0.05, 0.1) is 11.9 Å². The number of nitrogens with zero attached hydrogens (tertiary/aromatic N) is 2. The fraction of sp³-hybridized carbons (Fsp3) is 0.583. The average Bonchev–Trinajstić information content (AvgIpc) is 2.29. The van der Waals surface area contributed by atoms with E-state index in [-0.39, 0.29) is 0 Å². The maximum atomic E-state index is 4.35. The second-order valence-electron chi connectivity index (χ2n) is 3.78. The summed E-state index contributed by atoms with van der Waals surface area (Å²) in [6.07, 6.45) is 3.09. The summed E-state index contributed by atoms with van der Waals surface area (Å²) in [5, 5.41) is 3.38. The maximum absolute atomic E-state index is 4.35. The van der Waals surface area contributed by atoms with Crippen molar-refractivity contribution in [3.63, 3.8) is 0 Å². The molecule has 1 N–H and O–H groups in total. The van der Waals surface area contributed by atoms with Gasteiger partial charge in [-0.2, -0.15) is 11.8 Å². The second-order valence-corrected chi connectivity index (χ2v) is 5.17. The standard InChI is InChI=1S/C12H21N3S/c1-4-16-9-5-8-13-11-6-7-12(14-10-11)15(2)3/h6-7,10,13H,4-5,8-9H2,1-3H3. The third-order valence-electron chi connectivity index (χ3n) is 2.20. The molecular formula is C12H21N3S. The van der Waals surface area contributed by atoms with Crippen LogP contribution in [-0.2, 0) is 0 Å². The van der Waals surface area contributed by atoms with Crippen molar-refractivity contribution in [1.82, 2.24) is 4.98 Å². The zero-order valence-corrected chi connectivity index (χ0v) is 11.2. The van der Waals surface area contributed by atoms with Crippen LogP contribution >= 0.6 is 11.8 Å². The summed E-state index contributed by atoms with van der Waals surface area (Å²) in [4.78, 5) is 6.35. The van der Waals surface area contributed by atoms with E-state index in [1.54, 1.807) is 0 Å². The van der Waals surface area contributed by atoms with Crippen LogP contribution in [-0.4, -0.2) is 37.1 Å². The van der Waals surface area contributed by atoms with Crippen LogP contribution in [0, 0.1) is 0 Å². The molecule has 1 rings (SSSR count). The molecule has 0 aliphatic rings. The molecule has 1 aromatic heterocycles. The van der Waals surface area contributed by atoms with Gasteiger partial charge in [0.15, 0.2) is 0 Å². The third-order valence-corrected chi connectivity index (χ3v) is 3.19. The number of hydrogen-bond acceptors (Lipinski definition) is 4. The number of thioether (sulfide) groups is 1. The van der Waals surface area contributed by atoms with Gasteiger partial charge in [-0.3, -0.25) is 0 Å². The summed E-state index contributed by atoms with van der Waals surface area (Å²) in [7, 11) is 3.99. The molecule has 0 radical (unpaired) electrons. The molecule has 0 spiro atoms. The molecule has 1 aromatic rings. The number of hydrogen-bond donors (Lipinski definition) is 1. The summed E-state index contributed by atoms with van der Waals surface area (Å²) >= 11 is 1.99. The largest absolute Gasteiger partial charge is 0.384 e. The van der Waals surface area contributed by atoms with Crippen LogP contribution in [0.3, 0.4) is 0 Å². The normalized spacial score (nSPS) is 10.2. The predicted molar refractivity (Wildman–Crippen MR) is 74.7 cm³/mol. The van der Waals surface area contributed by atoms with Crippen molar-refractivity contribution < 1.29 is 0 Å². The van der Waals surface area contributed by atoms with Gasteiger partial charge < -0.3 is 10.2 Å². The van der Waals surface area contributed by atoms with Crippen LogP contribution in [0.2, 0.25) is 0 Å². The molecule has 0 bridgehead atoms. The highest BCUT2D eigenvalue weighted by Gasteiger charge is 1.96. The van der Waals surface area contributed by atoms with Gasteiger partial charge >= 0.3 is 0 Å². The molecule has 1 heterocycles. The highest BCUT2D eigenvalue weighted by atomic mass is 32.2. The van der Waals surface area contributed by atoms with E-state index in [1.165, 1.54) is 17.9 Å². The molecule has 0 aliphatic heterocycles. The van der Waals surface area contributed by atoms with Gasteiger partial charge in [-0.15, -0.1) is 0 Å². The molecular weight excluding hydrogens is 218 g/mol. The number of nitrogens with one attached hydrogen (secondary N) is 1. The minimum Gasteiger partial charge on any atom is -0.384 e. The van der Waals surface area contributed by atoms with Gasteiger partial charge in [0.2, 0.25) is 0 Å².